The van der Waals surface area contributed by atoms with Crippen LogP contribution in [0.15, 0.2) is 0 Å². The summed E-state index contributed by atoms with van der Waals surface area (Å²) >= 11 is 0. The van der Waals surface area contributed by atoms with E-state index < -0.39 is 0 Å². The van der Waals surface area contributed by atoms with Crippen molar-refractivity contribution in [3.05, 3.63) is 0 Å². The molecule has 1 heteroatoms. The Balaban J connectivity index is 2.25. The SMILES string of the molecule is CCCC(=O)CC(C)C1CCCCC1. The lowest BCUT2D eigenvalue weighted by Crippen LogP contribution is -2.18. The van der Waals surface area contributed by atoms with Crippen molar-refractivity contribution in [1.82, 2.24) is 0 Å². The van der Waals surface area contributed by atoms with Gasteiger partial charge in [-0.1, -0.05) is 46.0 Å². The molecule has 1 saturated carbocycles. The van der Waals surface area contributed by atoms with Gasteiger partial charge in [-0.3, -0.25) is 4.79 Å². The summed E-state index contributed by atoms with van der Waals surface area (Å²) in [5.41, 5.74) is 0. The first-order chi connectivity index (χ1) is 6.74. The molecular formula is C13H24O. The highest BCUT2D eigenvalue weighted by atomic mass is 16.1. The van der Waals surface area contributed by atoms with Crippen molar-refractivity contribution >= 4 is 5.78 Å². The Hall–Kier alpha value is -0.330. The first-order valence-electron chi connectivity index (χ1n) is 6.25. The molecule has 1 nitrogen and oxygen atoms in total. The largest absolute Gasteiger partial charge is 0.300 e. The van der Waals surface area contributed by atoms with Crippen LogP contribution >= 0.6 is 0 Å². The van der Waals surface area contributed by atoms with Crippen LogP contribution < -0.4 is 0 Å². The molecule has 1 aliphatic carbocycles. The third kappa shape index (κ3) is 3.81. The molecule has 0 aromatic heterocycles. The maximum atomic E-state index is 11.5. The van der Waals surface area contributed by atoms with Crippen LogP contribution in [0.1, 0.15) is 65.2 Å². The van der Waals surface area contributed by atoms with E-state index in [2.05, 4.69) is 13.8 Å². The Kier molecular flexibility index (Phi) is 5.21. The van der Waals surface area contributed by atoms with Crippen LogP contribution in [0.5, 0.6) is 0 Å². The van der Waals surface area contributed by atoms with E-state index in [-0.39, 0.29) is 0 Å². The van der Waals surface area contributed by atoms with E-state index >= 15 is 0 Å². The van der Waals surface area contributed by atoms with Crippen LogP contribution in [0.2, 0.25) is 0 Å². The van der Waals surface area contributed by atoms with Crippen LogP contribution in [0.3, 0.4) is 0 Å². The number of ketones is 1. The van der Waals surface area contributed by atoms with Crippen LogP contribution in [-0.2, 0) is 4.79 Å². The molecule has 0 aromatic carbocycles. The summed E-state index contributed by atoms with van der Waals surface area (Å²) < 4.78 is 0. The van der Waals surface area contributed by atoms with E-state index in [0.717, 1.165) is 25.2 Å². The van der Waals surface area contributed by atoms with Crippen molar-refractivity contribution < 1.29 is 4.79 Å². The van der Waals surface area contributed by atoms with Gasteiger partial charge >= 0.3 is 0 Å². The van der Waals surface area contributed by atoms with Crippen LogP contribution in [0.4, 0.5) is 0 Å². The predicted octanol–water partition coefficient (Wildman–Crippen LogP) is 3.96. The van der Waals surface area contributed by atoms with Gasteiger partial charge in [0.25, 0.3) is 0 Å². The second kappa shape index (κ2) is 6.21. The predicted molar refractivity (Wildman–Crippen MR) is 60.3 cm³/mol. The maximum Gasteiger partial charge on any atom is 0.133 e. The van der Waals surface area contributed by atoms with Gasteiger partial charge in [-0.2, -0.15) is 0 Å². The number of Topliss-reactive ketones (excluding diaryl/α,β-unsaturated/α-hetero) is 1. The van der Waals surface area contributed by atoms with Gasteiger partial charge in [-0.15, -0.1) is 0 Å². The number of hydrogen-bond donors (Lipinski definition) is 0. The summed E-state index contributed by atoms with van der Waals surface area (Å²) in [7, 11) is 0. The molecule has 1 fully saturated rings. The van der Waals surface area contributed by atoms with Gasteiger partial charge in [-0.25, -0.2) is 0 Å². The van der Waals surface area contributed by atoms with Gasteiger partial charge in [0.2, 0.25) is 0 Å². The summed E-state index contributed by atoms with van der Waals surface area (Å²) in [5.74, 6) is 1.95. The molecule has 14 heavy (non-hydrogen) atoms. The highest BCUT2D eigenvalue weighted by Crippen LogP contribution is 2.31. The topological polar surface area (TPSA) is 17.1 Å². The van der Waals surface area contributed by atoms with Crippen molar-refractivity contribution in [3.63, 3.8) is 0 Å². The van der Waals surface area contributed by atoms with Crippen molar-refractivity contribution in [2.24, 2.45) is 11.8 Å². The minimum atomic E-state index is 0.477. The lowest BCUT2D eigenvalue weighted by molar-refractivity contribution is -0.120. The normalized spacial score (nSPS) is 20.7. The van der Waals surface area contributed by atoms with Gasteiger partial charge in [0.15, 0.2) is 0 Å². The summed E-state index contributed by atoms with van der Waals surface area (Å²) in [5, 5.41) is 0. The molecule has 0 radical (unpaired) electrons. The van der Waals surface area contributed by atoms with Crippen LogP contribution in [-0.4, -0.2) is 5.78 Å². The Morgan fingerprint density at radius 3 is 2.50 bits per heavy atom. The van der Waals surface area contributed by atoms with Crippen LogP contribution in [0, 0.1) is 11.8 Å². The van der Waals surface area contributed by atoms with Gasteiger partial charge in [0.05, 0.1) is 0 Å². The molecule has 82 valence electrons. The van der Waals surface area contributed by atoms with Gasteiger partial charge in [0, 0.05) is 12.8 Å². The lowest BCUT2D eigenvalue weighted by Gasteiger charge is -2.27. The van der Waals surface area contributed by atoms with Gasteiger partial charge < -0.3 is 0 Å². The fourth-order valence-electron chi connectivity index (χ4n) is 2.61. The van der Waals surface area contributed by atoms with Crippen molar-refractivity contribution in [2.75, 3.05) is 0 Å². The fourth-order valence-corrected chi connectivity index (χ4v) is 2.61. The summed E-state index contributed by atoms with van der Waals surface area (Å²) in [4.78, 5) is 11.5. The third-order valence-corrected chi connectivity index (χ3v) is 3.53. The van der Waals surface area contributed by atoms with E-state index in [1.54, 1.807) is 0 Å². The fraction of sp³-hybridized carbons (Fsp3) is 0.923. The summed E-state index contributed by atoms with van der Waals surface area (Å²) in [6.07, 6.45) is 9.53. The van der Waals surface area contributed by atoms with E-state index in [0.29, 0.717) is 11.7 Å². The Morgan fingerprint density at radius 2 is 1.93 bits per heavy atom. The molecule has 0 spiro atoms. The first-order valence-corrected chi connectivity index (χ1v) is 6.25. The molecule has 0 aromatic rings. The molecule has 1 atom stereocenters. The number of rotatable bonds is 5. The minimum Gasteiger partial charge on any atom is -0.300 e. The number of carbonyl (C=O) groups excluding carboxylic acids is 1. The molecule has 1 unspecified atom stereocenters. The minimum absolute atomic E-state index is 0.477. The average molecular weight is 196 g/mol. The monoisotopic (exact) mass is 196 g/mol. The first kappa shape index (κ1) is 11.7. The highest BCUT2D eigenvalue weighted by Gasteiger charge is 2.21. The summed E-state index contributed by atoms with van der Waals surface area (Å²) in [6, 6.07) is 0. The Labute approximate surface area is 88.3 Å². The zero-order chi connectivity index (χ0) is 10.4. The quantitative estimate of drug-likeness (QED) is 0.650. The molecule has 1 rings (SSSR count). The standard InChI is InChI=1S/C13H24O/c1-3-7-13(14)10-11(2)12-8-5-4-6-9-12/h11-12H,3-10H2,1-2H3. The lowest BCUT2D eigenvalue weighted by atomic mass is 9.78. The smallest absolute Gasteiger partial charge is 0.133 e. The second-order valence-electron chi connectivity index (χ2n) is 4.87. The van der Waals surface area contributed by atoms with Crippen LogP contribution in [0.25, 0.3) is 0 Å². The molecule has 0 heterocycles. The second-order valence-corrected chi connectivity index (χ2v) is 4.87. The molecule has 0 aliphatic heterocycles. The zero-order valence-electron chi connectivity index (χ0n) is 9.72. The Morgan fingerprint density at radius 1 is 1.29 bits per heavy atom. The molecule has 0 amide bonds. The van der Waals surface area contributed by atoms with Crippen molar-refractivity contribution in [2.45, 2.75) is 65.2 Å². The number of hydrogen-bond acceptors (Lipinski definition) is 1. The van der Waals surface area contributed by atoms with Gasteiger partial charge in [-0.05, 0) is 18.3 Å². The van der Waals surface area contributed by atoms with E-state index in [9.17, 15) is 4.79 Å². The highest BCUT2D eigenvalue weighted by molar-refractivity contribution is 5.78. The van der Waals surface area contributed by atoms with Crippen molar-refractivity contribution in [3.8, 4) is 0 Å². The van der Waals surface area contributed by atoms with E-state index in [1.807, 2.05) is 0 Å². The Bertz CT molecular complexity index is 168. The molecule has 1 aliphatic rings. The summed E-state index contributed by atoms with van der Waals surface area (Å²) in [6.45, 7) is 4.35. The zero-order valence-corrected chi connectivity index (χ0v) is 9.72. The molecule has 0 N–H and O–H groups in total. The van der Waals surface area contributed by atoms with E-state index in [1.165, 1.54) is 32.1 Å². The average Bonchev–Trinajstić information content (AvgIpc) is 2.19. The third-order valence-electron chi connectivity index (χ3n) is 3.53. The van der Waals surface area contributed by atoms with Crippen molar-refractivity contribution in [1.29, 1.82) is 0 Å². The maximum absolute atomic E-state index is 11.5. The van der Waals surface area contributed by atoms with Gasteiger partial charge in [0.1, 0.15) is 5.78 Å². The van der Waals surface area contributed by atoms with E-state index in [4.69, 9.17) is 0 Å². The molecule has 0 saturated heterocycles. The number of carbonyl (C=O) groups is 1. The molecular weight excluding hydrogens is 172 g/mol. The molecule has 0 bridgehead atoms.